The van der Waals surface area contributed by atoms with Gasteiger partial charge in [0.1, 0.15) is 28.1 Å². The number of aryl methyl sites for hydroxylation is 1. The van der Waals surface area contributed by atoms with Crippen LogP contribution in [0.1, 0.15) is 31.3 Å². The maximum Gasteiger partial charge on any atom is 0.328 e. The number of nitrogens with two attached hydrogens (primary N) is 1. The molecule has 1 aromatic heterocycles. The van der Waals surface area contributed by atoms with Gasteiger partial charge in [0, 0.05) is 35.1 Å². The van der Waals surface area contributed by atoms with Gasteiger partial charge in [-0.15, -0.1) is 4.91 Å². The summed E-state index contributed by atoms with van der Waals surface area (Å²) in [7, 11) is 0. The molecule has 8 nitrogen and oxygen atoms in total. The van der Waals surface area contributed by atoms with Crippen molar-refractivity contribution >= 4 is 28.8 Å². The number of primary amides is 1. The monoisotopic (exact) mass is 450 g/mol. The van der Waals surface area contributed by atoms with E-state index >= 15 is 0 Å². The zero-order chi connectivity index (χ0) is 22.7. The quantitative estimate of drug-likeness (QED) is 0.518. The average Bonchev–Trinajstić information content (AvgIpc) is 3.07. The fraction of sp³-hybridized carbons (Fsp3) is 0.105. The van der Waals surface area contributed by atoms with E-state index < -0.39 is 34.8 Å². The minimum atomic E-state index is -1.08. The number of aromatic nitrogens is 1. The van der Waals surface area contributed by atoms with Crippen LogP contribution < -0.4 is 15.8 Å². The summed E-state index contributed by atoms with van der Waals surface area (Å²) in [5.41, 5.74) is 5.30. The van der Waals surface area contributed by atoms with Crippen molar-refractivity contribution in [2.45, 2.75) is 13.5 Å². The van der Waals surface area contributed by atoms with Crippen molar-refractivity contribution in [3.05, 3.63) is 74.4 Å². The van der Waals surface area contributed by atoms with Crippen molar-refractivity contribution in [3.8, 4) is 10.9 Å². The molecule has 0 aliphatic rings. The summed E-state index contributed by atoms with van der Waals surface area (Å²) in [6, 6.07) is 5.15. The molecule has 0 saturated heterocycles. The fourth-order valence-corrected chi connectivity index (χ4v) is 3.44. The minimum Gasteiger partial charge on any atom is -0.431 e. The van der Waals surface area contributed by atoms with Gasteiger partial charge in [-0.3, -0.25) is 9.59 Å². The molecule has 0 bridgehead atoms. The predicted molar refractivity (Wildman–Crippen MR) is 106 cm³/mol. The number of nitroso groups, excluding NO2 is 1. The molecule has 3 N–H and O–H groups in total. The number of nitrogens with zero attached hydrogens (tertiary/aromatic N) is 2. The molecule has 0 unspecified atom stereocenters. The summed E-state index contributed by atoms with van der Waals surface area (Å²) in [5, 5.41) is 5.03. The zero-order valence-electron chi connectivity index (χ0n) is 15.7. The Bertz CT molecular complexity index is 1180. The van der Waals surface area contributed by atoms with Crippen molar-refractivity contribution in [1.82, 2.24) is 4.98 Å². The number of carbonyl (C=O) groups excluding carboxylic acids is 2. The van der Waals surface area contributed by atoms with E-state index in [0.717, 1.165) is 11.3 Å². The SMILES string of the molecule is Cc1nc(Oc2ccc(NCc3c(F)cc(F)cc3F)c(C(N)=O)c2)sc1C(=O)N=O. The lowest BCUT2D eigenvalue weighted by atomic mass is 10.1. The van der Waals surface area contributed by atoms with Gasteiger partial charge in [-0.25, -0.2) is 18.2 Å². The number of hydrogen-bond donors (Lipinski definition) is 2. The molecule has 3 aromatic rings. The van der Waals surface area contributed by atoms with E-state index in [9.17, 15) is 27.7 Å². The summed E-state index contributed by atoms with van der Waals surface area (Å²) >= 11 is 0.795. The van der Waals surface area contributed by atoms with Gasteiger partial charge in [0.15, 0.2) is 0 Å². The maximum atomic E-state index is 13.8. The third-order valence-electron chi connectivity index (χ3n) is 4.08. The van der Waals surface area contributed by atoms with Crippen LogP contribution in [0.2, 0.25) is 0 Å². The summed E-state index contributed by atoms with van der Waals surface area (Å²) in [6.07, 6.45) is 0. The first-order chi connectivity index (χ1) is 14.7. The standard InChI is InChI=1S/C19H13F3N4O4S/c1-8-16(18(28)26-29)31-19(25-8)30-10-2-3-15(11(6-10)17(23)27)24-7-12-13(21)4-9(20)5-14(12)22/h2-6,24H,7H2,1H3,(H2,23,27). The lowest BCUT2D eigenvalue weighted by Crippen LogP contribution is -2.15. The predicted octanol–water partition coefficient (Wildman–Crippen LogP) is 4.28. The molecule has 12 heteroatoms. The molecule has 0 saturated carbocycles. The Morgan fingerprint density at radius 1 is 1.19 bits per heavy atom. The van der Waals surface area contributed by atoms with Gasteiger partial charge in [0.2, 0.25) is 0 Å². The highest BCUT2D eigenvalue weighted by molar-refractivity contribution is 7.15. The molecule has 3 rings (SSSR count). The summed E-state index contributed by atoms with van der Waals surface area (Å²) < 4.78 is 46.2. The number of anilines is 1. The Hall–Kier alpha value is -3.80. The Balaban J connectivity index is 1.83. The number of rotatable bonds is 7. The van der Waals surface area contributed by atoms with Gasteiger partial charge in [-0.2, -0.15) is 0 Å². The molecule has 160 valence electrons. The van der Waals surface area contributed by atoms with E-state index in [1.165, 1.54) is 25.1 Å². The second-order valence-electron chi connectivity index (χ2n) is 6.17. The Kier molecular flexibility index (Phi) is 6.30. The fourth-order valence-electron chi connectivity index (χ4n) is 2.63. The molecule has 0 radical (unpaired) electrons. The van der Waals surface area contributed by atoms with Crippen LogP contribution >= 0.6 is 11.3 Å². The van der Waals surface area contributed by atoms with Gasteiger partial charge >= 0.3 is 5.91 Å². The van der Waals surface area contributed by atoms with Crippen LogP contribution in [-0.2, 0) is 6.54 Å². The van der Waals surface area contributed by atoms with E-state index in [0.29, 0.717) is 12.1 Å². The first kappa shape index (κ1) is 21.9. The number of halogens is 3. The highest BCUT2D eigenvalue weighted by Crippen LogP contribution is 2.32. The van der Waals surface area contributed by atoms with Crippen molar-refractivity contribution in [1.29, 1.82) is 0 Å². The second-order valence-corrected chi connectivity index (χ2v) is 7.13. The minimum absolute atomic E-state index is 0.0155. The third-order valence-corrected chi connectivity index (χ3v) is 5.10. The van der Waals surface area contributed by atoms with E-state index in [2.05, 4.69) is 15.5 Å². The molecule has 0 aliphatic carbocycles. The summed E-state index contributed by atoms with van der Waals surface area (Å²) in [5.74, 6) is -4.93. The van der Waals surface area contributed by atoms with Crippen molar-refractivity contribution in [2.24, 2.45) is 10.9 Å². The Morgan fingerprint density at radius 2 is 1.87 bits per heavy atom. The molecule has 2 amide bonds. The number of carbonyl (C=O) groups is 2. The Labute approximate surface area is 176 Å². The van der Waals surface area contributed by atoms with Crippen LogP contribution in [0.25, 0.3) is 0 Å². The van der Waals surface area contributed by atoms with Crippen LogP contribution in [-0.4, -0.2) is 16.8 Å². The Morgan fingerprint density at radius 3 is 2.48 bits per heavy atom. The first-order valence-electron chi connectivity index (χ1n) is 8.53. The van der Waals surface area contributed by atoms with Crippen molar-refractivity contribution < 1.29 is 27.5 Å². The molecular weight excluding hydrogens is 437 g/mol. The molecule has 1 heterocycles. The number of nitrogens with one attached hydrogen (secondary N) is 1. The molecule has 31 heavy (non-hydrogen) atoms. The van der Waals surface area contributed by atoms with Crippen molar-refractivity contribution in [3.63, 3.8) is 0 Å². The van der Waals surface area contributed by atoms with Gasteiger partial charge in [-0.05, 0) is 25.1 Å². The normalized spacial score (nSPS) is 10.6. The summed E-state index contributed by atoms with van der Waals surface area (Å²) in [4.78, 5) is 37.7. The number of thiazole rings is 1. The lowest BCUT2D eigenvalue weighted by molar-refractivity contribution is 0.0993. The van der Waals surface area contributed by atoms with Crippen molar-refractivity contribution in [2.75, 3.05) is 5.32 Å². The van der Waals surface area contributed by atoms with E-state index in [4.69, 9.17) is 10.5 Å². The molecular formula is C19H13F3N4O4S. The van der Waals surface area contributed by atoms with E-state index in [1.807, 2.05) is 0 Å². The smallest absolute Gasteiger partial charge is 0.328 e. The van der Waals surface area contributed by atoms with Crippen LogP contribution in [0.4, 0.5) is 18.9 Å². The lowest BCUT2D eigenvalue weighted by Gasteiger charge is -2.13. The molecule has 0 atom stereocenters. The van der Waals surface area contributed by atoms with Crippen LogP contribution in [0.3, 0.4) is 0 Å². The highest BCUT2D eigenvalue weighted by atomic mass is 32.1. The van der Waals surface area contributed by atoms with Gasteiger partial charge < -0.3 is 15.8 Å². The number of ether oxygens (including phenoxy) is 1. The molecule has 2 aromatic carbocycles. The number of hydrogen-bond acceptors (Lipinski definition) is 7. The van der Waals surface area contributed by atoms with Crippen LogP contribution in [0.15, 0.2) is 35.5 Å². The first-order valence-corrected chi connectivity index (χ1v) is 9.35. The average molecular weight is 450 g/mol. The summed E-state index contributed by atoms with van der Waals surface area (Å²) in [6.45, 7) is 1.12. The molecule has 0 spiro atoms. The largest absolute Gasteiger partial charge is 0.431 e. The number of benzene rings is 2. The van der Waals surface area contributed by atoms with Gasteiger partial charge in [0.25, 0.3) is 11.1 Å². The maximum absolute atomic E-state index is 13.8. The van der Waals surface area contributed by atoms with E-state index in [-0.39, 0.29) is 39.3 Å². The highest BCUT2D eigenvalue weighted by Gasteiger charge is 2.18. The van der Waals surface area contributed by atoms with Crippen LogP contribution in [0, 0.1) is 29.3 Å². The molecule has 0 aliphatic heterocycles. The zero-order valence-corrected chi connectivity index (χ0v) is 16.6. The third kappa shape index (κ3) is 4.86. The van der Waals surface area contributed by atoms with Gasteiger partial charge in [-0.1, -0.05) is 11.3 Å². The van der Waals surface area contributed by atoms with Gasteiger partial charge in [0.05, 0.1) is 11.3 Å². The second kappa shape index (κ2) is 8.92. The topological polar surface area (TPSA) is 124 Å². The number of amides is 2. The molecule has 0 fully saturated rings. The van der Waals surface area contributed by atoms with E-state index in [1.54, 1.807) is 0 Å². The van der Waals surface area contributed by atoms with Crippen LogP contribution in [0.5, 0.6) is 10.9 Å².